The lowest BCUT2D eigenvalue weighted by Gasteiger charge is -2.14. The van der Waals surface area contributed by atoms with E-state index in [9.17, 15) is 48.3 Å². The second kappa shape index (κ2) is 9.69. The average molecular weight is 617 g/mol. The first kappa shape index (κ1) is 27.8. The molecule has 0 unspecified atom stereocenters. The fourth-order valence-corrected chi connectivity index (χ4v) is 3.14. The van der Waals surface area contributed by atoms with Gasteiger partial charge in [-0.1, -0.05) is 29.8 Å². The van der Waals surface area contributed by atoms with E-state index in [4.69, 9.17) is 23.2 Å². The molecule has 14 heteroatoms. The minimum atomic E-state index is -5.14. The van der Waals surface area contributed by atoms with Crippen LogP contribution in [0.1, 0.15) is 16.7 Å². The summed E-state index contributed by atoms with van der Waals surface area (Å²) in [5.74, 6) is -3.24. The van der Waals surface area contributed by atoms with Gasteiger partial charge in [0.1, 0.15) is 0 Å². The number of allylic oxidation sites excluding steroid dienone is 1. The largest absolute Gasteiger partial charge is 0.419 e. The molecule has 0 radical (unpaired) electrons. The van der Waals surface area contributed by atoms with Crippen LogP contribution < -0.4 is 0 Å². The van der Waals surface area contributed by atoms with Crippen molar-refractivity contribution in [3.63, 3.8) is 0 Å². The molecule has 0 aliphatic rings. The van der Waals surface area contributed by atoms with E-state index in [1.165, 1.54) is 0 Å². The molecule has 0 bridgehead atoms. The first-order valence-corrected chi connectivity index (χ1v) is 9.14. The van der Waals surface area contributed by atoms with Crippen LogP contribution in [0.2, 0.25) is 10.0 Å². The van der Waals surface area contributed by atoms with Gasteiger partial charge in [0.25, 0.3) is 0 Å². The zero-order valence-corrected chi connectivity index (χ0v) is 18.0. The van der Waals surface area contributed by atoms with E-state index >= 15 is 0 Å². The van der Waals surface area contributed by atoms with Crippen LogP contribution in [0.25, 0.3) is 5.57 Å². The number of hydrogen-bond donors (Lipinski definition) is 0. The fraction of sp³-hybridized carbons (Fsp3) is 0.176. The van der Waals surface area contributed by atoms with Crippen molar-refractivity contribution < 1.29 is 48.3 Å². The summed E-state index contributed by atoms with van der Waals surface area (Å²) in [6.45, 7) is 2.62. The predicted octanol–water partition coefficient (Wildman–Crippen LogP) is 9.18. The Balaban J connectivity index is 0.000000327. The van der Waals surface area contributed by atoms with E-state index in [1.807, 2.05) is 0 Å². The molecule has 0 spiro atoms. The number of hydrogen-bond acceptors (Lipinski definition) is 0. The van der Waals surface area contributed by atoms with Crippen LogP contribution in [0.5, 0.6) is 0 Å². The highest BCUT2D eigenvalue weighted by atomic mass is 127. The minimum Gasteiger partial charge on any atom is -0.205 e. The summed E-state index contributed by atoms with van der Waals surface area (Å²) in [7, 11) is 0. The zero-order chi connectivity index (χ0) is 24.5. The van der Waals surface area contributed by atoms with Gasteiger partial charge in [0.05, 0.1) is 26.7 Å². The van der Waals surface area contributed by atoms with E-state index in [2.05, 4.69) is 6.58 Å². The van der Waals surface area contributed by atoms with Gasteiger partial charge in [-0.2, -0.15) is 39.5 Å². The van der Waals surface area contributed by atoms with Crippen LogP contribution >= 0.6 is 45.8 Å². The summed E-state index contributed by atoms with van der Waals surface area (Å²) in [6, 6.07) is 2.31. The van der Waals surface area contributed by atoms with Gasteiger partial charge < -0.3 is 0 Å². The lowest BCUT2D eigenvalue weighted by Crippen LogP contribution is -2.13. The third-order valence-electron chi connectivity index (χ3n) is 3.32. The zero-order valence-electron chi connectivity index (χ0n) is 14.3. The van der Waals surface area contributed by atoms with Crippen molar-refractivity contribution in [2.45, 2.75) is 18.5 Å². The molecule has 0 amide bonds. The molecule has 0 saturated heterocycles. The summed E-state index contributed by atoms with van der Waals surface area (Å²) in [5, 5.41) is -1.57. The van der Waals surface area contributed by atoms with Gasteiger partial charge >= 0.3 is 18.5 Å². The highest BCUT2D eigenvalue weighted by molar-refractivity contribution is 14.1. The predicted molar refractivity (Wildman–Crippen MR) is 101 cm³/mol. The highest BCUT2D eigenvalue weighted by Crippen LogP contribution is 2.39. The first-order chi connectivity index (χ1) is 13.8. The SMILES string of the molecule is C=C(c1cc(Cl)c(F)c(C(F)(F)F)c1)C(F)(F)F.Fc1c(Cl)cc(I)cc1C(F)(F)F. The molecule has 0 aliphatic carbocycles. The normalized spacial score (nSPS) is 12.3. The Labute approximate surface area is 190 Å². The number of rotatable bonds is 1. The van der Waals surface area contributed by atoms with Crippen molar-refractivity contribution in [3.8, 4) is 0 Å². The van der Waals surface area contributed by atoms with Gasteiger partial charge in [-0.05, 0) is 52.4 Å². The second-order valence-corrected chi connectivity index (χ2v) is 7.60. The lowest BCUT2D eigenvalue weighted by molar-refractivity contribution is -0.140. The Morgan fingerprint density at radius 1 is 0.710 bits per heavy atom. The minimum absolute atomic E-state index is 0.0248. The molecule has 2 aromatic carbocycles. The van der Waals surface area contributed by atoms with Crippen LogP contribution in [0.15, 0.2) is 30.8 Å². The fourth-order valence-electron chi connectivity index (χ4n) is 1.90. The van der Waals surface area contributed by atoms with Crippen molar-refractivity contribution in [2.75, 3.05) is 0 Å². The average Bonchev–Trinajstić information content (AvgIpc) is 2.57. The molecule has 0 heterocycles. The Morgan fingerprint density at radius 3 is 1.48 bits per heavy atom. The molecule has 0 aliphatic heterocycles. The maximum Gasteiger partial charge on any atom is 0.419 e. The second-order valence-electron chi connectivity index (χ2n) is 5.54. The summed E-state index contributed by atoms with van der Waals surface area (Å²) in [5.41, 5.74) is -5.66. The maximum absolute atomic E-state index is 13.1. The van der Waals surface area contributed by atoms with E-state index in [0.717, 1.165) is 6.07 Å². The van der Waals surface area contributed by atoms with Gasteiger partial charge in [-0.25, -0.2) is 8.78 Å². The molecular formula is C17H6Cl2F11I. The van der Waals surface area contributed by atoms with Gasteiger partial charge in [0, 0.05) is 3.57 Å². The number of benzene rings is 2. The van der Waals surface area contributed by atoms with Crippen LogP contribution in [-0.2, 0) is 12.4 Å². The van der Waals surface area contributed by atoms with E-state index in [-0.39, 0.29) is 9.64 Å². The Kier molecular flexibility index (Phi) is 8.68. The molecule has 172 valence electrons. The summed E-state index contributed by atoms with van der Waals surface area (Å²) in [4.78, 5) is 0. The third kappa shape index (κ3) is 7.38. The van der Waals surface area contributed by atoms with E-state index in [1.54, 1.807) is 22.6 Å². The molecule has 31 heavy (non-hydrogen) atoms. The van der Waals surface area contributed by atoms with E-state index in [0.29, 0.717) is 12.1 Å². The van der Waals surface area contributed by atoms with Crippen molar-refractivity contribution in [1.29, 1.82) is 0 Å². The molecule has 0 aromatic heterocycles. The first-order valence-electron chi connectivity index (χ1n) is 7.31. The van der Waals surface area contributed by atoms with Crippen LogP contribution in [0, 0.1) is 15.2 Å². The monoisotopic (exact) mass is 616 g/mol. The smallest absolute Gasteiger partial charge is 0.205 e. The van der Waals surface area contributed by atoms with Crippen LogP contribution in [0.3, 0.4) is 0 Å². The summed E-state index contributed by atoms with van der Waals surface area (Å²) < 4.78 is 136. The summed E-state index contributed by atoms with van der Waals surface area (Å²) in [6.07, 6.45) is -14.8. The number of alkyl halides is 9. The van der Waals surface area contributed by atoms with E-state index < -0.39 is 62.5 Å². The van der Waals surface area contributed by atoms with Crippen molar-refractivity contribution >= 4 is 51.4 Å². The highest BCUT2D eigenvalue weighted by Gasteiger charge is 2.39. The van der Waals surface area contributed by atoms with Crippen molar-refractivity contribution in [3.05, 3.63) is 72.8 Å². The van der Waals surface area contributed by atoms with Gasteiger partial charge in [0.2, 0.25) is 0 Å². The van der Waals surface area contributed by atoms with Crippen LogP contribution in [-0.4, -0.2) is 6.18 Å². The topological polar surface area (TPSA) is 0 Å². The molecular weight excluding hydrogens is 611 g/mol. The maximum atomic E-state index is 13.1. The Hall–Kier alpha value is -1.28. The van der Waals surface area contributed by atoms with Crippen molar-refractivity contribution in [2.24, 2.45) is 0 Å². The molecule has 0 atom stereocenters. The van der Waals surface area contributed by atoms with Crippen LogP contribution in [0.4, 0.5) is 48.3 Å². The summed E-state index contributed by atoms with van der Waals surface area (Å²) >= 11 is 12.0. The Morgan fingerprint density at radius 2 is 1.10 bits per heavy atom. The van der Waals surface area contributed by atoms with Crippen molar-refractivity contribution in [1.82, 2.24) is 0 Å². The molecule has 0 nitrogen and oxygen atoms in total. The lowest BCUT2D eigenvalue weighted by atomic mass is 10.0. The van der Waals surface area contributed by atoms with Gasteiger partial charge in [-0.15, -0.1) is 0 Å². The molecule has 2 aromatic rings. The molecule has 0 fully saturated rings. The van der Waals surface area contributed by atoms with Gasteiger partial charge in [0.15, 0.2) is 11.6 Å². The molecule has 2 rings (SSSR count). The molecule has 0 N–H and O–H groups in total. The third-order valence-corrected chi connectivity index (χ3v) is 4.50. The standard InChI is InChI=1S/C10H4ClF7.C7H2ClF4I/c1-4(9(13,14)15)5-2-6(10(16,17)18)8(12)7(11)3-5;8-5-2-3(13)1-4(6(5)9)7(10,11)12/h2-3H,1H2;1-2H. The molecule has 0 saturated carbocycles. The number of halogens is 14. The quantitative estimate of drug-likeness (QED) is 0.170. The van der Waals surface area contributed by atoms with Gasteiger partial charge in [-0.3, -0.25) is 0 Å². The Bertz CT molecular complexity index is 976.